The average Bonchev–Trinajstić information content (AvgIpc) is 3.33. The third kappa shape index (κ3) is 4.19. The lowest BCUT2D eigenvalue weighted by atomic mass is 10.1. The van der Waals surface area contributed by atoms with E-state index in [1.54, 1.807) is 12.1 Å². The standard InChI is InChI=1S/C21H23ClN8O4/c1-3-30-13-8-10(19(31)26-11-6-7-34-21(11)33)4-5-12(13)29(2)14(30)9-25-20(32)15-17(23)28-18(24)16(22)27-15/h4-5,8,11H,3,6-7,9H2,1-2H3,(H5-,23,24,25,26,28,31,32)/p+1/t11-/m0/s1. The highest BCUT2D eigenvalue weighted by atomic mass is 35.5. The number of hydrogen-bond acceptors (Lipinski definition) is 8. The summed E-state index contributed by atoms with van der Waals surface area (Å²) < 4.78 is 8.79. The summed E-state index contributed by atoms with van der Waals surface area (Å²) in [7, 11) is 1.86. The molecular weight excluding hydrogens is 464 g/mol. The molecule has 178 valence electrons. The molecule has 3 heterocycles. The number of halogens is 1. The van der Waals surface area contributed by atoms with E-state index in [9.17, 15) is 14.4 Å². The van der Waals surface area contributed by atoms with Gasteiger partial charge < -0.3 is 26.8 Å². The number of carbonyl (C=O) groups is 3. The maximum atomic E-state index is 12.7. The molecule has 1 atom stereocenters. The summed E-state index contributed by atoms with van der Waals surface area (Å²) in [5.41, 5.74) is 13.3. The summed E-state index contributed by atoms with van der Waals surface area (Å²) in [5, 5.41) is 5.38. The number of aryl methyl sites for hydroxylation is 2. The molecule has 0 bridgehead atoms. The monoisotopic (exact) mass is 487 g/mol. The average molecular weight is 488 g/mol. The van der Waals surface area contributed by atoms with Crippen molar-refractivity contribution in [3.05, 3.63) is 40.4 Å². The van der Waals surface area contributed by atoms with Crippen LogP contribution in [0.4, 0.5) is 11.6 Å². The van der Waals surface area contributed by atoms with Crippen LogP contribution >= 0.6 is 11.6 Å². The summed E-state index contributed by atoms with van der Waals surface area (Å²) in [6.07, 6.45) is 0.449. The molecule has 13 heteroatoms. The number of ether oxygens (including phenoxy) is 1. The van der Waals surface area contributed by atoms with Crippen molar-refractivity contribution in [3.8, 4) is 0 Å². The Kier molecular flexibility index (Phi) is 6.24. The van der Waals surface area contributed by atoms with Crippen LogP contribution in [0.25, 0.3) is 11.0 Å². The quantitative estimate of drug-likeness (QED) is 0.279. The zero-order valence-corrected chi connectivity index (χ0v) is 19.3. The first-order chi connectivity index (χ1) is 16.2. The van der Waals surface area contributed by atoms with Crippen LogP contribution in [0.1, 0.15) is 40.0 Å². The highest BCUT2D eigenvalue weighted by Gasteiger charge is 2.29. The van der Waals surface area contributed by atoms with Crippen molar-refractivity contribution in [1.82, 2.24) is 25.2 Å². The Morgan fingerprint density at radius 1 is 1.26 bits per heavy atom. The second kappa shape index (κ2) is 9.14. The van der Waals surface area contributed by atoms with E-state index in [1.165, 1.54) is 0 Å². The van der Waals surface area contributed by atoms with Crippen molar-refractivity contribution in [2.45, 2.75) is 32.5 Å². The zero-order valence-electron chi connectivity index (χ0n) is 18.6. The summed E-state index contributed by atoms with van der Waals surface area (Å²) in [6.45, 7) is 2.98. The van der Waals surface area contributed by atoms with Crippen LogP contribution in [-0.2, 0) is 29.7 Å². The number of hydrogen-bond donors (Lipinski definition) is 4. The highest BCUT2D eigenvalue weighted by molar-refractivity contribution is 6.31. The Morgan fingerprint density at radius 3 is 2.71 bits per heavy atom. The number of amides is 2. The molecule has 4 rings (SSSR count). The fourth-order valence-corrected chi connectivity index (χ4v) is 4.04. The van der Waals surface area contributed by atoms with Crippen LogP contribution in [0.3, 0.4) is 0 Å². The molecule has 34 heavy (non-hydrogen) atoms. The molecule has 0 radical (unpaired) electrons. The van der Waals surface area contributed by atoms with Gasteiger partial charge in [-0.05, 0) is 19.1 Å². The van der Waals surface area contributed by atoms with E-state index in [-0.39, 0.29) is 34.9 Å². The summed E-state index contributed by atoms with van der Waals surface area (Å²) in [4.78, 5) is 44.8. The number of esters is 1. The SMILES string of the molecule is CCn1c(CNC(=O)c2nc(Cl)c(N)nc2N)[n+](C)c2ccc(C(=O)N[C@H]3CCOC3=O)cc21. The van der Waals surface area contributed by atoms with Gasteiger partial charge >= 0.3 is 5.97 Å². The molecular formula is C21H24ClN8O4+. The van der Waals surface area contributed by atoms with Crippen LogP contribution in [0.5, 0.6) is 0 Å². The van der Waals surface area contributed by atoms with E-state index >= 15 is 0 Å². The highest BCUT2D eigenvalue weighted by Crippen LogP contribution is 2.19. The maximum Gasteiger partial charge on any atom is 0.328 e. The molecule has 0 spiro atoms. The minimum atomic E-state index is -0.639. The molecule has 2 amide bonds. The molecule has 1 aliphatic heterocycles. The van der Waals surface area contributed by atoms with E-state index in [4.69, 9.17) is 27.8 Å². The maximum absolute atomic E-state index is 12.7. The first-order valence-electron chi connectivity index (χ1n) is 10.6. The summed E-state index contributed by atoms with van der Waals surface area (Å²) >= 11 is 5.87. The predicted octanol–water partition coefficient (Wildman–Crippen LogP) is 0.0688. The molecule has 12 nitrogen and oxygen atoms in total. The summed E-state index contributed by atoms with van der Waals surface area (Å²) in [5.74, 6) is -0.747. The number of fused-ring (bicyclic) bond motifs is 1. The van der Waals surface area contributed by atoms with Crippen molar-refractivity contribution in [2.75, 3.05) is 18.1 Å². The van der Waals surface area contributed by atoms with Gasteiger partial charge in [0.25, 0.3) is 17.6 Å². The Bertz CT molecular complexity index is 1320. The van der Waals surface area contributed by atoms with Gasteiger partial charge in [-0.2, -0.15) is 0 Å². The summed E-state index contributed by atoms with van der Waals surface area (Å²) in [6, 6.07) is 4.62. The van der Waals surface area contributed by atoms with Gasteiger partial charge in [-0.25, -0.2) is 23.9 Å². The fourth-order valence-electron chi connectivity index (χ4n) is 3.91. The smallest absolute Gasteiger partial charge is 0.328 e. The van der Waals surface area contributed by atoms with Crippen molar-refractivity contribution in [1.29, 1.82) is 0 Å². The number of imidazole rings is 1. The second-order valence-electron chi connectivity index (χ2n) is 7.72. The minimum absolute atomic E-state index is 0.0575. The van der Waals surface area contributed by atoms with Crippen molar-refractivity contribution in [2.24, 2.45) is 7.05 Å². The fraction of sp³-hybridized carbons (Fsp3) is 0.333. The molecule has 0 aliphatic carbocycles. The van der Waals surface area contributed by atoms with Gasteiger partial charge in [0.05, 0.1) is 20.2 Å². The lowest BCUT2D eigenvalue weighted by molar-refractivity contribution is -0.654. The van der Waals surface area contributed by atoms with Crippen LogP contribution < -0.4 is 26.7 Å². The molecule has 1 aliphatic rings. The predicted molar refractivity (Wildman–Crippen MR) is 123 cm³/mol. The lowest BCUT2D eigenvalue weighted by Gasteiger charge is -2.08. The molecule has 3 aromatic rings. The Labute approximate surface area is 199 Å². The molecule has 1 aromatic carbocycles. The van der Waals surface area contributed by atoms with Gasteiger partial charge in [-0.15, -0.1) is 0 Å². The number of nitrogens with zero attached hydrogens (tertiary/aromatic N) is 4. The topological polar surface area (TPSA) is 171 Å². The number of aromatic nitrogens is 4. The number of nitrogens with two attached hydrogens (primary N) is 2. The van der Waals surface area contributed by atoms with E-state index in [0.29, 0.717) is 25.1 Å². The van der Waals surface area contributed by atoms with Crippen LogP contribution in [-0.4, -0.2) is 45.0 Å². The van der Waals surface area contributed by atoms with Crippen LogP contribution in [0, 0.1) is 0 Å². The molecule has 2 aromatic heterocycles. The van der Waals surface area contributed by atoms with Crippen molar-refractivity contribution >= 4 is 52.1 Å². The third-order valence-corrected chi connectivity index (χ3v) is 5.95. The van der Waals surface area contributed by atoms with Crippen molar-refractivity contribution < 1.29 is 23.7 Å². The number of rotatable bonds is 6. The molecule has 1 saturated heterocycles. The van der Waals surface area contributed by atoms with Gasteiger partial charge in [0.15, 0.2) is 33.5 Å². The normalized spacial score (nSPS) is 15.4. The minimum Gasteiger partial charge on any atom is -0.464 e. The van der Waals surface area contributed by atoms with Crippen LogP contribution in [0.2, 0.25) is 5.15 Å². The lowest BCUT2D eigenvalue weighted by Crippen LogP contribution is -2.38. The number of benzene rings is 1. The molecule has 0 unspecified atom stereocenters. The Balaban J connectivity index is 1.59. The Morgan fingerprint density at radius 2 is 2.03 bits per heavy atom. The molecule has 1 fully saturated rings. The number of cyclic esters (lactones) is 1. The number of carbonyl (C=O) groups excluding carboxylic acids is 3. The first kappa shape index (κ1) is 23.2. The van der Waals surface area contributed by atoms with Crippen molar-refractivity contribution in [3.63, 3.8) is 0 Å². The number of nitrogens with one attached hydrogen (secondary N) is 2. The van der Waals surface area contributed by atoms with Gasteiger partial charge in [0.1, 0.15) is 12.6 Å². The number of nitrogen functional groups attached to an aromatic ring is 2. The zero-order chi connectivity index (χ0) is 24.6. The van der Waals surface area contributed by atoms with E-state index in [0.717, 1.165) is 16.9 Å². The van der Waals surface area contributed by atoms with Gasteiger partial charge in [0, 0.05) is 18.1 Å². The number of anilines is 2. The van der Waals surface area contributed by atoms with Gasteiger partial charge in [-0.1, -0.05) is 11.6 Å². The third-order valence-electron chi connectivity index (χ3n) is 5.67. The molecule has 0 saturated carbocycles. The van der Waals surface area contributed by atoms with Gasteiger partial charge in [0.2, 0.25) is 0 Å². The molecule has 6 N–H and O–H groups in total. The van der Waals surface area contributed by atoms with Gasteiger partial charge in [-0.3, -0.25) is 9.59 Å². The first-order valence-corrected chi connectivity index (χ1v) is 10.9. The van der Waals surface area contributed by atoms with E-state index < -0.39 is 17.9 Å². The second-order valence-corrected chi connectivity index (χ2v) is 8.08. The van der Waals surface area contributed by atoms with E-state index in [1.807, 2.05) is 29.2 Å². The van der Waals surface area contributed by atoms with E-state index in [2.05, 4.69) is 20.6 Å². The van der Waals surface area contributed by atoms with Crippen LogP contribution in [0.15, 0.2) is 18.2 Å². The largest absolute Gasteiger partial charge is 0.464 e. The Hall–Kier alpha value is -3.93.